The van der Waals surface area contributed by atoms with Gasteiger partial charge in [0.1, 0.15) is 6.61 Å². The summed E-state index contributed by atoms with van der Waals surface area (Å²) in [4.78, 5) is 27.4. The molecule has 1 saturated heterocycles. The molecule has 4 nitrogen and oxygen atoms in total. The highest BCUT2D eigenvalue weighted by Crippen LogP contribution is 2.36. The summed E-state index contributed by atoms with van der Waals surface area (Å²) in [7, 11) is -1.97. The van der Waals surface area contributed by atoms with Crippen LogP contribution in [0.1, 0.15) is 6.42 Å². The summed E-state index contributed by atoms with van der Waals surface area (Å²) in [5.41, 5.74) is -0.354. The number of hydrogen-bond acceptors (Lipinski definition) is 4. The van der Waals surface area contributed by atoms with Crippen LogP contribution in [0.2, 0.25) is 0 Å². The van der Waals surface area contributed by atoms with Crippen LogP contribution in [0.3, 0.4) is 0 Å². The minimum Gasteiger partial charge on any atom is -0.465 e. The van der Waals surface area contributed by atoms with Crippen molar-refractivity contribution in [1.82, 2.24) is 0 Å². The topological polar surface area (TPSA) is 66.8 Å². The van der Waals surface area contributed by atoms with Crippen molar-refractivity contribution < 1.29 is 19.3 Å². The van der Waals surface area contributed by atoms with E-state index in [0.717, 1.165) is 0 Å². The van der Waals surface area contributed by atoms with Crippen molar-refractivity contribution in [2.75, 3.05) is 6.61 Å². The Balaban J connectivity index is 2.39. The fourth-order valence-corrected chi connectivity index (χ4v) is 1.17. The van der Waals surface area contributed by atoms with Crippen molar-refractivity contribution >= 4 is 14.3 Å². The lowest BCUT2D eigenvalue weighted by atomic mass is 10.4. The normalized spacial score (nSPS) is 27.0. The summed E-state index contributed by atoms with van der Waals surface area (Å²) >= 11 is 0. The smallest absolute Gasteiger partial charge is 0.306 e. The van der Waals surface area contributed by atoms with Crippen LogP contribution in [0.25, 0.3) is 0 Å². The maximum atomic E-state index is 10.3. The van der Waals surface area contributed by atoms with Crippen molar-refractivity contribution in [3.8, 4) is 0 Å². The first-order valence-electron chi connectivity index (χ1n) is 2.53. The third kappa shape index (κ3) is 1.61. The fraction of sp³-hybridized carbons (Fsp3) is 0.750. The van der Waals surface area contributed by atoms with Gasteiger partial charge in [0.25, 0.3) is 0 Å². The lowest BCUT2D eigenvalue weighted by Gasteiger charge is -2.04. The summed E-state index contributed by atoms with van der Waals surface area (Å²) in [5.74, 6) is -0.337. The first-order chi connectivity index (χ1) is 4.20. The second-order valence-electron chi connectivity index (χ2n) is 1.86. The molecular formula is C4H7O4P. The summed E-state index contributed by atoms with van der Waals surface area (Å²) in [6, 6.07) is 0. The van der Waals surface area contributed by atoms with E-state index in [-0.39, 0.29) is 24.7 Å². The highest BCUT2D eigenvalue weighted by Gasteiger charge is 2.29. The SMILES string of the molecule is O=C1CC(P(O)O)CO1. The molecule has 0 radical (unpaired) electrons. The van der Waals surface area contributed by atoms with Gasteiger partial charge in [0.05, 0.1) is 12.1 Å². The number of rotatable bonds is 1. The molecule has 0 saturated carbocycles. The Morgan fingerprint density at radius 2 is 2.33 bits per heavy atom. The third-order valence-corrected chi connectivity index (χ3v) is 2.15. The van der Waals surface area contributed by atoms with Crippen LogP contribution in [0, 0.1) is 0 Å². The molecule has 0 aromatic carbocycles. The second kappa shape index (κ2) is 2.60. The van der Waals surface area contributed by atoms with E-state index in [2.05, 4.69) is 4.74 Å². The van der Waals surface area contributed by atoms with Crippen molar-refractivity contribution in [2.24, 2.45) is 0 Å². The Labute approximate surface area is 53.4 Å². The molecule has 0 bridgehead atoms. The molecule has 0 aliphatic carbocycles. The Hall–Kier alpha value is -0.180. The van der Waals surface area contributed by atoms with Gasteiger partial charge in [0, 0.05) is 0 Å². The zero-order chi connectivity index (χ0) is 6.85. The number of ether oxygens (including phenoxy) is 1. The maximum Gasteiger partial charge on any atom is 0.306 e. The van der Waals surface area contributed by atoms with Gasteiger partial charge < -0.3 is 14.5 Å². The molecule has 5 heteroatoms. The molecule has 0 spiro atoms. The van der Waals surface area contributed by atoms with Gasteiger partial charge in [0.15, 0.2) is 8.38 Å². The van der Waals surface area contributed by atoms with Crippen LogP contribution in [-0.4, -0.2) is 28.0 Å². The Morgan fingerprint density at radius 1 is 1.67 bits per heavy atom. The zero-order valence-electron chi connectivity index (χ0n) is 4.65. The molecule has 2 N–H and O–H groups in total. The molecule has 1 rings (SSSR count). The summed E-state index contributed by atoms with van der Waals surface area (Å²) in [6.07, 6.45) is 0.151. The largest absolute Gasteiger partial charge is 0.465 e. The summed E-state index contributed by atoms with van der Waals surface area (Å²) in [5, 5.41) is 0. The van der Waals surface area contributed by atoms with Crippen molar-refractivity contribution in [1.29, 1.82) is 0 Å². The molecule has 1 atom stereocenters. The molecule has 0 aromatic rings. The zero-order valence-corrected chi connectivity index (χ0v) is 5.54. The Bertz CT molecular complexity index is 124. The highest BCUT2D eigenvalue weighted by molar-refractivity contribution is 7.46. The van der Waals surface area contributed by atoms with E-state index in [4.69, 9.17) is 9.79 Å². The molecule has 1 fully saturated rings. The molecular weight excluding hydrogens is 143 g/mol. The quantitative estimate of drug-likeness (QED) is 0.394. The average molecular weight is 150 g/mol. The molecule has 1 aliphatic heterocycles. The number of carbonyl (C=O) groups excluding carboxylic acids is 1. The number of carbonyl (C=O) groups is 1. The minimum absolute atomic E-state index is 0.151. The van der Waals surface area contributed by atoms with Gasteiger partial charge in [-0.2, -0.15) is 0 Å². The van der Waals surface area contributed by atoms with Gasteiger partial charge in [-0.25, -0.2) is 0 Å². The molecule has 52 valence electrons. The van der Waals surface area contributed by atoms with Gasteiger partial charge in [-0.15, -0.1) is 0 Å². The van der Waals surface area contributed by atoms with Crippen molar-refractivity contribution in [2.45, 2.75) is 12.1 Å². The van der Waals surface area contributed by atoms with Gasteiger partial charge in [-0.3, -0.25) is 4.79 Å². The molecule has 1 aliphatic rings. The first-order valence-corrected chi connectivity index (χ1v) is 3.84. The predicted molar refractivity (Wildman–Crippen MR) is 30.7 cm³/mol. The lowest BCUT2D eigenvalue weighted by molar-refractivity contribution is -0.137. The van der Waals surface area contributed by atoms with E-state index >= 15 is 0 Å². The molecule has 1 unspecified atom stereocenters. The van der Waals surface area contributed by atoms with Gasteiger partial charge in [-0.05, 0) is 0 Å². The standard InChI is InChI=1S/C4H7O4P/c5-4-1-3(2-8-4)9(6)7/h3,6-7H,1-2H2. The monoisotopic (exact) mass is 150 g/mol. The van der Waals surface area contributed by atoms with E-state index in [1.807, 2.05) is 0 Å². The number of hydrogen-bond donors (Lipinski definition) is 2. The molecule has 1 heterocycles. The number of esters is 1. The Kier molecular flexibility index (Phi) is 2.01. The fourth-order valence-electron chi connectivity index (χ4n) is 0.648. The van der Waals surface area contributed by atoms with E-state index in [1.165, 1.54) is 0 Å². The first kappa shape index (κ1) is 6.93. The average Bonchev–Trinajstić information content (AvgIpc) is 2.14. The minimum atomic E-state index is -1.97. The summed E-state index contributed by atoms with van der Waals surface area (Å²) < 4.78 is 4.48. The van der Waals surface area contributed by atoms with Crippen LogP contribution >= 0.6 is 8.38 Å². The second-order valence-corrected chi connectivity index (χ2v) is 3.23. The number of cyclic esters (lactones) is 1. The Morgan fingerprint density at radius 3 is 2.56 bits per heavy atom. The summed E-state index contributed by atoms with van der Waals surface area (Å²) in [6.45, 7) is 0.164. The lowest BCUT2D eigenvalue weighted by Crippen LogP contribution is -2.02. The van der Waals surface area contributed by atoms with Crippen LogP contribution < -0.4 is 0 Å². The third-order valence-electron chi connectivity index (χ3n) is 1.17. The van der Waals surface area contributed by atoms with E-state index in [1.54, 1.807) is 0 Å². The molecule has 0 amide bonds. The maximum absolute atomic E-state index is 10.3. The van der Waals surface area contributed by atoms with E-state index in [0.29, 0.717) is 0 Å². The van der Waals surface area contributed by atoms with Crippen LogP contribution in [0.4, 0.5) is 0 Å². The van der Waals surface area contributed by atoms with Gasteiger partial charge >= 0.3 is 5.97 Å². The van der Waals surface area contributed by atoms with Gasteiger partial charge in [0.2, 0.25) is 0 Å². The van der Waals surface area contributed by atoms with E-state index in [9.17, 15) is 4.79 Å². The predicted octanol–water partition coefficient (Wildman–Crippen LogP) is -0.402. The van der Waals surface area contributed by atoms with Crippen LogP contribution in [0.15, 0.2) is 0 Å². The molecule has 9 heavy (non-hydrogen) atoms. The highest BCUT2D eigenvalue weighted by atomic mass is 31.2. The van der Waals surface area contributed by atoms with Crippen LogP contribution in [-0.2, 0) is 9.53 Å². The molecule has 0 aromatic heterocycles. The van der Waals surface area contributed by atoms with Crippen LogP contribution in [0.5, 0.6) is 0 Å². The van der Waals surface area contributed by atoms with Gasteiger partial charge in [-0.1, -0.05) is 0 Å². The van der Waals surface area contributed by atoms with Crippen molar-refractivity contribution in [3.63, 3.8) is 0 Å². The van der Waals surface area contributed by atoms with E-state index < -0.39 is 8.38 Å². The van der Waals surface area contributed by atoms with Crippen molar-refractivity contribution in [3.05, 3.63) is 0 Å².